The van der Waals surface area contributed by atoms with Crippen LogP contribution < -0.4 is 15.4 Å². The molecule has 1 fully saturated rings. The van der Waals surface area contributed by atoms with Crippen molar-refractivity contribution in [3.05, 3.63) is 65.2 Å². The average Bonchev–Trinajstić information content (AvgIpc) is 2.61. The summed E-state index contributed by atoms with van der Waals surface area (Å²) < 4.78 is 5.45. The van der Waals surface area contributed by atoms with Crippen LogP contribution in [0.2, 0.25) is 0 Å². The van der Waals surface area contributed by atoms with Gasteiger partial charge in [-0.05, 0) is 37.9 Å². The first-order valence-electron chi connectivity index (χ1n) is 8.43. The van der Waals surface area contributed by atoms with Gasteiger partial charge in [0.25, 0.3) is 0 Å². The Bertz CT molecular complexity index is 624. The van der Waals surface area contributed by atoms with E-state index >= 15 is 0 Å². The number of hydrogen-bond acceptors (Lipinski definition) is 3. The summed E-state index contributed by atoms with van der Waals surface area (Å²) in [7, 11) is 1.73. The van der Waals surface area contributed by atoms with Crippen LogP contribution in [-0.2, 0) is 6.54 Å². The first-order valence-corrected chi connectivity index (χ1v) is 8.43. The van der Waals surface area contributed by atoms with E-state index in [4.69, 9.17) is 4.74 Å². The third-order valence-corrected chi connectivity index (χ3v) is 4.64. The summed E-state index contributed by atoms with van der Waals surface area (Å²) in [6, 6.07) is 17.9. The lowest BCUT2D eigenvalue weighted by molar-refractivity contribution is 0.303. The Labute approximate surface area is 139 Å². The second-order valence-electron chi connectivity index (χ2n) is 6.28. The van der Waals surface area contributed by atoms with Gasteiger partial charge < -0.3 is 15.4 Å². The second-order valence-corrected chi connectivity index (χ2v) is 6.28. The van der Waals surface area contributed by atoms with Gasteiger partial charge in [-0.15, -0.1) is 0 Å². The van der Waals surface area contributed by atoms with Gasteiger partial charge in [0.05, 0.1) is 7.11 Å². The van der Waals surface area contributed by atoms with E-state index in [0.29, 0.717) is 12.1 Å². The lowest BCUT2D eigenvalue weighted by Gasteiger charge is -2.34. The van der Waals surface area contributed by atoms with Crippen molar-refractivity contribution in [1.82, 2.24) is 10.6 Å². The molecule has 0 unspecified atom stereocenters. The number of para-hydroxylation sites is 1. The molecule has 0 amide bonds. The highest BCUT2D eigenvalue weighted by Gasteiger charge is 2.25. The molecule has 2 aromatic rings. The van der Waals surface area contributed by atoms with Crippen LogP contribution in [0.1, 0.15) is 35.6 Å². The van der Waals surface area contributed by atoms with Gasteiger partial charge in [0.15, 0.2) is 0 Å². The Kier molecular flexibility index (Phi) is 5.31. The van der Waals surface area contributed by atoms with Gasteiger partial charge in [0.1, 0.15) is 5.75 Å². The Morgan fingerprint density at radius 3 is 2.70 bits per heavy atom. The van der Waals surface area contributed by atoms with Gasteiger partial charge >= 0.3 is 0 Å². The number of nitrogens with one attached hydrogen (secondary N) is 2. The van der Waals surface area contributed by atoms with E-state index in [1.807, 2.05) is 12.1 Å². The molecule has 23 heavy (non-hydrogen) atoms. The SMILES string of the molecule is COc1ccccc1CN[C@H]1CCCN[C@H]1c1ccc(C)cc1. The van der Waals surface area contributed by atoms with Crippen molar-refractivity contribution < 1.29 is 4.74 Å². The number of hydrogen-bond donors (Lipinski definition) is 2. The van der Waals surface area contributed by atoms with E-state index in [-0.39, 0.29) is 0 Å². The molecule has 0 aliphatic carbocycles. The summed E-state index contributed by atoms with van der Waals surface area (Å²) in [5, 5.41) is 7.41. The molecule has 2 aromatic carbocycles. The minimum Gasteiger partial charge on any atom is -0.496 e. The molecule has 2 N–H and O–H groups in total. The Morgan fingerprint density at radius 1 is 1.13 bits per heavy atom. The van der Waals surface area contributed by atoms with Crippen LogP contribution >= 0.6 is 0 Å². The topological polar surface area (TPSA) is 33.3 Å². The second kappa shape index (κ2) is 7.62. The zero-order valence-corrected chi connectivity index (χ0v) is 14.0. The zero-order chi connectivity index (χ0) is 16.1. The highest BCUT2D eigenvalue weighted by atomic mass is 16.5. The first kappa shape index (κ1) is 16.0. The predicted octanol–water partition coefficient (Wildman–Crippen LogP) is 3.59. The van der Waals surface area contributed by atoms with E-state index in [0.717, 1.165) is 18.8 Å². The molecule has 1 aliphatic rings. The van der Waals surface area contributed by atoms with E-state index in [1.54, 1.807) is 7.11 Å². The number of methoxy groups -OCH3 is 1. The number of rotatable bonds is 5. The minimum absolute atomic E-state index is 0.374. The fourth-order valence-electron chi connectivity index (χ4n) is 3.32. The zero-order valence-electron chi connectivity index (χ0n) is 14.0. The summed E-state index contributed by atoms with van der Waals surface area (Å²) in [5.41, 5.74) is 3.89. The van der Waals surface area contributed by atoms with Gasteiger partial charge in [0, 0.05) is 24.2 Å². The van der Waals surface area contributed by atoms with Gasteiger partial charge in [-0.1, -0.05) is 48.0 Å². The van der Waals surface area contributed by atoms with Gasteiger partial charge in [0.2, 0.25) is 0 Å². The van der Waals surface area contributed by atoms with Gasteiger partial charge in [-0.25, -0.2) is 0 Å². The third kappa shape index (κ3) is 3.92. The van der Waals surface area contributed by atoms with Crippen LogP contribution in [0.15, 0.2) is 48.5 Å². The molecule has 122 valence electrons. The van der Waals surface area contributed by atoms with Gasteiger partial charge in [-0.2, -0.15) is 0 Å². The van der Waals surface area contributed by atoms with Crippen molar-refractivity contribution in [3.63, 3.8) is 0 Å². The molecule has 0 spiro atoms. The molecule has 3 nitrogen and oxygen atoms in total. The molecular weight excluding hydrogens is 284 g/mol. The monoisotopic (exact) mass is 310 g/mol. The summed E-state index contributed by atoms with van der Waals surface area (Å²) in [4.78, 5) is 0. The maximum absolute atomic E-state index is 5.45. The highest BCUT2D eigenvalue weighted by molar-refractivity contribution is 5.33. The fourth-order valence-corrected chi connectivity index (χ4v) is 3.32. The van der Waals surface area contributed by atoms with Crippen molar-refractivity contribution in [3.8, 4) is 5.75 Å². The lowest BCUT2D eigenvalue weighted by atomic mass is 9.91. The van der Waals surface area contributed by atoms with Crippen LogP contribution in [0, 0.1) is 6.92 Å². The molecule has 1 saturated heterocycles. The lowest BCUT2D eigenvalue weighted by Crippen LogP contribution is -2.45. The molecule has 0 saturated carbocycles. The molecule has 1 heterocycles. The Morgan fingerprint density at radius 2 is 1.91 bits per heavy atom. The molecule has 3 heteroatoms. The fraction of sp³-hybridized carbons (Fsp3) is 0.400. The average molecular weight is 310 g/mol. The molecule has 0 aromatic heterocycles. The Balaban J connectivity index is 1.70. The van der Waals surface area contributed by atoms with Crippen molar-refractivity contribution in [2.75, 3.05) is 13.7 Å². The molecular formula is C20H26N2O. The molecule has 1 aliphatic heterocycles. The normalized spacial score (nSPS) is 21.1. The van der Waals surface area contributed by atoms with Crippen molar-refractivity contribution in [2.24, 2.45) is 0 Å². The minimum atomic E-state index is 0.374. The summed E-state index contributed by atoms with van der Waals surface area (Å²) in [6.45, 7) is 4.06. The molecule has 3 rings (SSSR count). The number of aryl methyl sites for hydroxylation is 1. The van der Waals surface area contributed by atoms with E-state index in [1.165, 1.54) is 29.5 Å². The van der Waals surface area contributed by atoms with Crippen molar-refractivity contribution in [2.45, 2.75) is 38.4 Å². The quantitative estimate of drug-likeness (QED) is 0.885. The molecule has 2 atom stereocenters. The number of benzene rings is 2. The van der Waals surface area contributed by atoms with Crippen LogP contribution in [0.4, 0.5) is 0 Å². The van der Waals surface area contributed by atoms with E-state index < -0.39 is 0 Å². The van der Waals surface area contributed by atoms with Crippen molar-refractivity contribution in [1.29, 1.82) is 0 Å². The summed E-state index contributed by atoms with van der Waals surface area (Å²) in [5.74, 6) is 0.954. The van der Waals surface area contributed by atoms with Crippen LogP contribution in [0.3, 0.4) is 0 Å². The first-order chi connectivity index (χ1) is 11.3. The smallest absolute Gasteiger partial charge is 0.123 e. The van der Waals surface area contributed by atoms with Crippen molar-refractivity contribution >= 4 is 0 Å². The van der Waals surface area contributed by atoms with Gasteiger partial charge in [-0.3, -0.25) is 0 Å². The third-order valence-electron chi connectivity index (χ3n) is 4.64. The number of piperidine rings is 1. The summed E-state index contributed by atoms with van der Waals surface area (Å²) >= 11 is 0. The maximum atomic E-state index is 5.45. The maximum Gasteiger partial charge on any atom is 0.123 e. The molecule has 0 bridgehead atoms. The predicted molar refractivity (Wildman–Crippen MR) is 94.8 cm³/mol. The largest absolute Gasteiger partial charge is 0.496 e. The highest BCUT2D eigenvalue weighted by Crippen LogP contribution is 2.25. The summed E-state index contributed by atoms with van der Waals surface area (Å²) in [6.07, 6.45) is 2.41. The van der Waals surface area contributed by atoms with Crippen LogP contribution in [0.5, 0.6) is 5.75 Å². The van der Waals surface area contributed by atoms with Crippen LogP contribution in [-0.4, -0.2) is 19.7 Å². The molecule has 0 radical (unpaired) electrons. The number of ether oxygens (including phenoxy) is 1. The van der Waals surface area contributed by atoms with E-state index in [2.05, 4.69) is 54.0 Å². The standard InChI is InChI=1S/C20H26N2O/c1-15-9-11-16(12-10-15)20-18(7-5-13-21-20)22-14-17-6-3-4-8-19(17)23-2/h3-4,6,8-12,18,20-22H,5,7,13-14H2,1-2H3/t18-,20-/m0/s1. The van der Waals surface area contributed by atoms with Crippen LogP contribution in [0.25, 0.3) is 0 Å². The Hall–Kier alpha value is -1.84. The van der Waals surface area contributed by atoms with E-state index in [9.17, 15) is 0 Å².